The molecule has 0 aromatic heterocycles. The minimum absolute atomic E-state index is 0.0759. The van der Waals surface area contributed by atoms with Gasteiger partial charge in [-0.3, -0.25) is 8.32 Å². The summed E-state index contributed by atoms with van der Waals surface area (Å²) in [7, 11) is 1.80. The number of amides is 1. The van der Waals surface area contributed by atoms with E-state index >= 15 is 0 Å². The zero-order chi connectivity index (χ0) is 18.9. The van der Waals surface area contributed by atoms with Gasteiger partial charge in [-0.1, -0.05) is 42.5 Å². The van der Waals surface area contributed by atoms with Crippen LogP contribution in [0.1, 0.15) is 17.5 Å². The third kappa shape index (κ3) is 6.26. The van der Waals surface area contributed by atoms with Crippen LogP contribution in [0, 0.1) is 5.92 Å². The molecule has 2 aromatic rings. The highest BCUT2D eigenvalue weighted by atomic mass is 127. The number of aliphatic hydroxyl groups excluding tert-OH is 1. The molecule has 1 amide bonds. The summed E-state index contributed by atoms with van der Waals surface area (Å²) in [6.07, 6.45) is 0.897. The zero-order valence-corrected chi connectivity index (χ0v) is 16.9. The topological polar surface area (TPSA) is 81.6 Å². The Hall–Kier alpha value is -1.64. The first-order valence-electron chi connectivity index (χ1n) is 8.61. The van der Waals surface area contributed by atoms with Gasteiger partial charge >= 0.3 is 0 Å². The lowest BCUT2D eigenvalue weighted by Crippen LogP contribution is -2.42. The summed E-state index contributed by atoms with van der Waals surface area (Å²) in [5.74, 6) is -0.162. The summed E-state index contributed by atoms with van der Waals surface area (Å²) in [5.41, 5.74) is 2.09. The molecule has 0 aliphatic rings. The Labute approximate surface area is 168 Å². The first-order chi connectivity index (χ1) is 12.5. The summed E-state index contributed by atoms with van der Waals surface area (Å²) < 4.78 is 2.68. The van der Waals surface area contributed by atoms with E-state index in [-0.39, 0.29) is 23.6 Å². The molecule has 0 heterocycles. The van der Waals surface area contributed by atoms with Crippen molar-refractivity contribution in [3.05, 3.63) is 65.7 Å². The van der Waals surface area contributed by atoms with Crippen LogP contribution >= 0.6 is 22.9 Å². The number of aliphatic hydroxyl groups is 1. The predicted octanol–water partition coefficient (Wildman–Crippen LogP) is 2.60. The third-order valence-corrected chi connectivity index (χ3v) is 5.07. The lowest BCUT2D eigenvalue weighted by Gasteiger charge is -2.26. The Morgan fingerprint density at radius 3 is 2.23 bits per heavy atom. The van der Waals surface area contributed by atoms with Crippen LogP contribution in [-0.4, -0.2) is 35.3 Å². The molecule has 0 aliphatic carbocycles. The second-order valence-electron chi connectivity index (χ2n) is 6.41. The average molecular weight is 468 g/mol. The van der Waals surface area contributed by atoms with Gasteiger partial charge in [-0.25, -0.2) is 0 Å². The molecule has 3 atom stereocenters. The number of benzene rings is 2. The standard InChI is InChI=1S/C20H25IN2O3/c1-22-18(12-15-7-9-17(24)10-8-15)19(25)13-16(20(26)23-21)11-14-5-3-2-4-6-14/h2-10,16,18-19,22,24-25H,11-13H2,1H3,(H,23,26). The van der Waals surface area contributed by atoms with Crippen molar-refractivity contribution in [2.45, 2.75) is 31.4 Å². The van der Waals surface area contributed by atoms with E-state index < -0.39 is 6.10 Å². The summed E-state index contributed by atoms with van der Waals surface area (Å²) in [6.45, 7) is 0. The van der Waals surface area contributed by atoms with Crippen LogP contribution in [0.15, 0.2) is 54.6 Å². The fraction of sp³-hybridized carbons (Fsp3) is 0.350. The van der Waals surface area contributed by atoms with Crippen LogP contribution in [0.25, 0.3) is 0 Å². The van der Waals surface area contributed by atoms with Crippen molar-refractivity contribution in [2.24, 2.45) is 5.92 Å². The number of carbonyl (C=O) groups excluding carboxylic acids is 1. The van der Waals surface area contributed by atoms with E-state index in [1.165, 1.54) is 0 Å². The van der Waals surface area contributed by atoms with Gasteiger partial charge in [0.1, 0.15) is 5.75 Å². The molecule has 0 fully saturated rings. The molecule has 26 heavy (non-hydrogen) atoms. The molecular formula is C20H25IN2O3. The van der Waals surface area contributed by atoms with Gasteiger partial charge in [0, 0.05) is 12.0 Å². The number of rotatable bonds is 9. The molecule has 2 rings (SSSR count). The number of likely N-dealkylation sites (N-methyl/N-ethyl adjacent to an activating group) is 1. The van der Waals surface area contributed by atoms with Crippen molar-refractivity contribution in [2.75, 3.05) is 7.05 Å². The van der Waals surface area contributed by atoms with E-state index in [9.17, 15) is 15.0 Å². The quantitative estimate of drug-likeness (QED) is 0.337. The largest absolute Gasteiger partial charge is 0.508 e. The lowest BCUT2D eigenvalue weighted by atomic mass is 9.89. The Morgan fingerprint density at radius 2 is 1.65 bits per heavy atom. The van der Waals surface area contributed by atoms with E-state index in [1.54, 1.807) is 19.2 Å². The number of aromatic hydroxyl groups is 1. The van der Waals surface area contributed by atoms with Crippen molar-refractivity contribution >= 4 is 28.8 Å². The Balaban J connectivity index is 2.04. The molecule has 0 aliphatic heterocycles. The van der Waals surface area contributed by atoms with Crippen LogP contribution in [0.2, 0.25) is 0 Å². The number of carbonyl (C=O) groups is 1. The molecule has 6 heteroatoms. The first kappa shape index (κ1) is 20.7. The summed E-state index contributed by atoms with van der Waals surface area (Å²) in [5, 5.41) is 23.3. The van der Waals surface area contributed by atoms with Gasteiger partial charge in [-0.2, -0.15) is 0 Å². The van der Waals surface area contributed by atoms with Crippen LogP contribution in [-0.2, 0) is 17.6 Å². The second-order valence-corrected chi connectivity index (χ2v) is 6.95. The van der Waals surface area contributed by atoms with Crippen LogP contribution < -0.4 is 8.85 Å². The molecular weight excluding hydrogens is 443 g/mol. The van der Waals surface area contributed by atoms with Crippen LogP contribution in [0.3, 0.4) is 0 Å². The number of phenolic OH excluding ortho intramolecular Hbond substituents is 1. The van der Waals surface area contributed by atoms with E-state index in [0.717, 1.165) is 11.1 Å². The Bertz CT molecular complexity index is 679. The highest BCUT2D eigenvalue weighted by Crippen LogP contribution is 2.19. The molecule has 140 valence electrons. The molecule has 0 spiro atoms. The van der Waals surface area contributed by atoms with E-state index in [2.05, 4.69) is 8.85 Å². The first-order valence-corrected chi connectivity index (χ1v) is 9.69. The normalized spacial score (nSPS) is 14.4. The van der Waals surface area contributed by atoms with Gasteiger partial charge < -0.3 is 15.5 Å². The van der Waals surface area contributed by atoms with Gasteiger partial charge in [0.15, 0.2) is 0 Å². The Morgan fingerprint density at radius 1 is 1.04 bits per heavy atom. The second kappa shape index (κ2) is 10.5. The van der Waals surface area contributed by atoms with E-state index in [4.69, 9.17) is 0 Å². The van der Waals surface area contributed by atoms with Crippen molar-refractivity contribution in [3.63, 3.8) is 0 Å². The van der Waals surface area contributed by atoms with E-state index in [1.807, 2.05) is 65.3 Å². The minimum Gasteiger partial charge on any atom is -0.508 e. The molecule has 0 saturated carbocycles. The molecule has 0 saturated heterocycles. The number of phenols is 1. The number of hydrogen-bond acceptors (Lipinski definition) is 4. The fourth-order valence-electron chi connectivity index (χ4n) is 3.03. The zero-order valence-electron chi connectivity index (χ0n) is 14.7. The molecule has 0 radical (unpaired) electrons. The maximum Gasteiger partial charge on any atom is 0.232 e. The smallest absolute Gasteiger partial charge is 0.232 e. The van der Waals surface area contributed by atoms with Gasteiger partial charge in [0.25, 0.3) is 0 Å². The lowest BCUT2D eigenvalue weighted by molar-refractivity contribution is -0.123. The molecule has 3 unspecified atom stereocenters. The van der Waals surface area contributed by atoms with Gasteiger partial charge in [0.2, 0.25) is 5.91 Å². The molecule has 2 aromatic carbocycles. The van der Waals surface area contributed by atoms with Gasteiger partial charge in [-0.05, 0) is 49.6 Å². The van der Waals surface area contributed by atoms with Crippen molar-refractivity contribution in [3.8, 4) is 5.75 Å². The number of halogens is 1. The summed E-state index contributed by atoms with van der Waals surface area (Å²) in [6, 6.07) is 16.6. The maximum atomic E-state index is 12.3. The third-order valence-electron chi connectivity index (χ3n) is 4.54. The number of nitrogens with one attached hydrogen (secondary N) is 2. The number of hydrogen-bond donors (Lipinski definition) is 4. The highest BCUT2D eigenvalue weighted by Gasteiger charge is 2.26. The summed E-state index contributed by atoms with van der Waals surface area (Å²) >= 11 is 1.85. The van der Waals surface area contributed by atoms with E-state index in [0.29, 0.717) is 19.3 Å². The molecule has 4 N–H and O–H groups in total. The molecule has 5 nitrogen and oxygen atoms in total. The molecule has 0 bridgehead atoms. The summed E-state index contributed by atoms with van der Waals surface area (Å²) in [4.78, 5) is 12.3. The minimum atomic E-state index is -0.670. The average Bonchev–Trinajstić information content (AvgIpc) is 2.67. The van der Waals surface area contributed by atoms with Gasteiger partial charge in [0.05, 0.1) is 29.0 Å². The Kier molecular flexibility index (Phi) is 8.34. The van der Waals surface area contributed by atoms with Crippen LogP contribution in [0.5, 0.6) is 5.75 Å². The monoisotopic (exact) mass is 468 g/mol. The highest BCUT2D eigenvalue weighted by molar-refractivity contribution is 14.1. The van der Waals surface area contributed by atoms with Crippen molar-refractivity contribution in [1.29, 1.82) is 0 Å². The maximum absolute atomic E-state index is 12.3. The predicted molar refractivity (Wildman–Crippen MR) is 111 cm³/mol. The fourth-order valence-corrected chi connectivity index (χ4v) is 3.47. The van der Waals surface area contributed by atoms with Gasteiger partial charge in [-0.15, -0.1) is 0 Å². The van der Waals surface area contributed by atoms with Crippen molar-refractivity contribution in [1.82, 2.24) is 8.85 Å². The van der Waals surface area contributed by atoms with Crippen molar-refractivity contribution < 1.29 is 15.0 Å². The SMILES string of the molecule is CNC(Cc1ccc(O)cc1)C(O)CC(Cc1ccccc1)C(=O)NI. The van der Waals surface area contributed by atoms with Crippen LogP contribution in [0.4, 0.5) is 0 Å².